The predicted octanol–water partition coefficient (Wildman–Crippen LogP) is 2.39. The molecule has 0 unspecified atom stereocenters. The average Bonchev–Trinajstić information content (AvgIpc) is 3.10. The van der Waals surface area contributed by atoms with Gasteiger partial charge < -0.3 is 25.4 Å². The highest BCUT2D eigenvalue weighted by Crippen LogP contribution is 2.28. The van der Waals surface area contributed by atoms with E-state index in [2.05, 4.69) is 4.98 Å². The number of carbonyl (C=O) groups is 2. The molecule has 2 rings (SSSR count). The second-order valence-corrected chi connectivity index (χ2v) is 8.23. The maximum absolute atomic E-state index is 12.0. The third kappa shape index (κ3) is 9.35. The molecule has 0 bridgehead atoms. The third-order valence-corrected chi connectivity index (χ3v) is 5.55. The van der Waals surface area contributed by atoms with E-state index >= 15 is 0 Å². The highest BCUT2D eigenvalue weighted by molar-refractivity contribution is 5.69. The van der Waals surface area contributed by atoms with Crippen LogP contribution in [0.3, 0.4) is 0 Å². The standard InChI is InChI=1S/C22H35N3O7/c23-18-12-13-25(22(30)24-18)19-14-16(26)17(32-19)15-31-21(29)11-9-7-5-3-1-2-4-6-8-10-20(27)28/h12-13,16-17,19,26H,1-11,14-15H2,(H,27,28)(H2,23,24,30)/t16-,17+,19+/m0/s1. The number of hydrogen-bond acceptors (Lipinski definition) is 8. The largest absolute Gasteiger partial charge is 0.481 e. The molecule has 1 saturated heterocycles. The van der Waals surface area contributed by atoms with Crippen LogP contribution in [-0.2, 0) is 19.1 Å². The van der Waals surface area contributed by atoms with E-state index in [-0.39, 0.29) is 31.2 Å². The van der Waals surface area contributed by atoms with Crippen LogP contribution in [0.25, 0.3) is 0 Å². The zero-order chi connectivity index (χ0) is 23.3. The summed E-state index contributed by atoms with van der Waals surface area (Å²) in [6.45, 7) is -0.0600. The molecule has 0 aromatic carbocycles. The fraction of sp³-hybridized carbons (Fsp3) is 0.727. The minimum Gasteiger partial charge on any atom is -0.481 e. The van der Waals surface area contributed by atoms with Crippen LogP contribution in [0, 0.1) is 0 Å². The summed E-state index contributed by atoms with van der Waals surface area (Å²) in [5.74, 6) is -0.940. The lowest BCUT2D eigenvalue weighted by Crippen LogP contribution is -2.29. The van der Waals surface area contributed by atoms with Gasteiger partial charge in [-0.2, -0.15) is 4.98 Å². The molecule has 1 aliphatic heterocycles. The van der Waals surface area contributed by atoms with Crippen LogP contribution in [0.1, 0.15) is 83.3 Å². The quantitative estimate of drug-likeness (QED) is 0.268. The number of unbranched alkanes of at least 4 members (excludes halogenated alkanes) is 8. The molecule has 0 spiro atoms. The van der Waals surface area contributed by atoms with Gasteiger partial charge >= 0.3 is 17.6 Å². The molecule has 0 aliphatic carbocycles. The van der Waals surface area contributed by atoms with Crippen molar-refractivity contribution in [2.45, 2.75) is 95.5 Å². The molecular formula is C22H35N3O7. The molecule has 1 aromatic heterocycles. The lowest BCUT2D eigenvalue weighted by Gasteiger charge is -2.16. The van der Waals surface area contributed by atoms with Gasteiger partial charge in [0, 0.05) is 25.5 Å². The first kappa shape index (κ1) is 25.8. The summed E-state index contributed by atoms with van der Waals surface area (Å²) in [6, 6.07) is 1.48. The van der Waals surface area contributed by atoms with E-state index in [1.165, 1.54) is 16.8 Å². The van der Waals surface area contributed by atoms with Crippen LogP contribution in [-0.4, -0.2) is 50.5 Å². The van der Waals surface area contributed by atoms with Gasteiger partial charge in [-0.05, 0) is 18.9 Å². The number of hydrogen-bond donors (Lipinski definition) is 3. The van der Waals surface area contributed by atoms with Crippen molar-refractivity contribution in [3.8, 4) is 0 Å². The second kappa shape index (κ2) is 13.8. The fourth-order valence-corrected chi connectivity index (χ4v) is 3.71. The number of aliphatic carboxylic acids is 1. The lowest BCUT2D eigenvalue weighted by atomic mass is 10.1. The summed E-state index contributed by atoms with van der Waals surface area (Å²) >= 11 is 0. The Bertz CT molecular complexity index is 783. The van der Waals surface area contributed by atoms with E-state index in [1.54, 1.807) is 0 Å². The van der Waals surface area contributed by atoms with Crippen LogP contribution in [0.4, 0.5) is 5.82 Å². The number of aliphatic hydroxyl groups is 1. The Balaban J connectivity index is 1.51. The van der Waals surface area contributed by atoms with Gasteiger partial charge in [-0.25, -0.2) is 4.79 Å². The molecule has 10 heteroatoms. The van der Waals surface area contributed by atoms with Crippen molar-refractivity contribution in [2.75, 3.05) is 12.3 Å². The van der Waals surface area contributed by atoms with Crippen molar-refractivity contribution >= 4 is 17.8 Å². The van der Waals surface area contributed by atoms with Crippen molar-refractivity contribution in [3.05, 3.63) is 22.7 Å². The maximum atomic E-state index is 12.0. The molecule has 2 heterocycles. The number of aliphatic hydroxyl groups excluding tert-OH is 1. The van der Waals surface area contributed by atoms with Gasteiger partial charge in [0.05, 0.1) is 6.10 Å². The van der Waals surface area contributed by atoms with Crippen molar-refractivity contribution in [2.24, 2.45) is 0 Å². The Kier molecular flexibility index (Phi) is 11.2. The van der Waals surface area contributed by atoms with E-state index in [0.29, 0.717) is 6.42 Å². The molecule has 1 fully saturated rings. The number of rotatable bonds is 15. The monoisotopic (exact) mass is 453 g/mol. The number of nitrogens with zero attached hydrogens (tertiary/aromatic N) is 2. The van der Waals surface area contributed by atoms with Gasteiger partial charge in [-0.1, -0.05) is 44.9 Å². The van der Waals surface area contributed by atoms with Crippen LogP contribution in [0.2, 0.25) is 0 Å². The number of aromatic nitrogens is 2. The predicted molar refractivity (Wildman–Crippen MR) is 117 cm³/mol. The number of nitrogens with two attached hydrogens (primary N) is 1. The normalized spacial score (nSPS) is 20.3. The molecule has 0 amide bonds. The van der Waals surface area contributed by atoms with Crippen LogP contribution in [0.5, 0.6) is 0 Å². The van der Waals surface area contributed by atoms with Crippen molar-refractivity contribution in [3.63, 3.8) is 0 Å². The van der Waals surface area contributed by atoms with Gasteiger partial charge in [0.25, 0.3) is 0 Å². The van der Waals surface area contributed by atoms with Gasteiger partial charge in [-0.3, -0.25) is 14.2 Å². The molecule has 180 valence electrons. The SMILES string of the molecule is Nc1ccn([C@H]2C[C@H](O)[C@@H](COC(=O)CCCCCCCCCCCC(=O)O)O2)c(=O)n1. The van der Waals surface area contributed by atoms with Crippen LogP contribution < -0.4 is 11.4 Å². The van der Waals surface area contributed by atoms with Gasteiger partial charge in [0.15, 0.2) is 0 Å². The number of nitrogen functional groups attached to an aromatic ring is 1. The number of ether oxygens (including phenoxy) is 2. The van der Waals surface area contributed by atoms with E-state index in [0.717, 1.165) is 57.8 Å². The first-order valence-corrected chi connectivity index (χ1v) is 11.4. The van der Waals surface area contributed by atoms with Crippen molar-refractivity contribution in [1.82, 2.24) is 9.55 Å². The number of carboxylic acids is 1. The van der Waals surface area contributed by atoms with E-state index < -0.39 is 30.1 Å². The lowest BCUT2D eigenvalue weighted by molar-refractivity contribution is -0.150. The molecule has 1 aliphatic rings. The molecule has 3 atom stereocenters. The van der Waals surface area contributed by atoms with E-state index in [9.17, 15) is 19.5 Å². The summed E-state index contributed by atoms with van der Waals surface area (Å²) in [7, 11) is 0. The molecular weight excluding hydrogens is 418 g/mol. The first-order valence-electron chi connectivity index (χ1n) is 11.4. The summed E-state index contributed by atoms with van der Waals surface area (Å²) < 4.78 is 12.2. The van der Waals surface area contributed by atoms with Gasteiger partial charge in [-0.15, -0.1) is 0 Å². The smallest absolute Gasteiger partial charge is 0.351 e. The number of anilines is 1. The van der Waals surface area contributed by atoms with Crippen molar-refractivity contribution < 1.29 is 29.3 Å². The van der Waals surface area contributed by atoms with Crippen molar-refractivity contribution in [1.29, 1.82) is 0 Å². The molecule has 4 N–H and O–H groups in total. The minimum absolute atomic E-state index is 0.0600. The summed E-state index contributed by atoms with van der Waals surface area (Å²) in [6.07, 6.45) is 8.92. The summed E-state index contributed by atoms with van der Waals surface area (Å²) in [5, 5.41) is 18.7. The van der Waals surface area contributed by atoms with Crippen LogP contribution in [0.15, 0.2) is 17.1 Å². The number of carboxylic acid groups (broad SMARTS) is 1. The summed E-state index contributed by atoms with van der Waals surface area (Å²) in [5.41, 5.74) is 4.92. The molecule has 0 saturated carbocycles. The Hall–Kier alpha value is -2.46. The molecule has 0 radical (unpaired) electrons. The topological polar surface area (TPSA) is 154 Å². The highest BCUT2D eigenvalue weighted by atomic mass is 16.6. The Labute approximate surface area is 187 Å². The minimum atomic E-state index is -0.846. The Morgan fingerprint density at radius 1 is 1.09 bits per heavy atom. The number of carbonyl (C=O) groups excluding carboxylic acids is 1. The summed E-state index contributed by atoms with van der Waals surface area (Å²) in [4.78, 5) is 37.9. The Morgan fingerprint density at radius 3 is 2.28 bits per heavy atom. The second-order valence-electron chi connectivity index (χ2n) is 8.23. The average molecular weight is 454 g/mol. The Morgan fingerprint density at radius 2 is 1.69 bits per heavy atom. The first-order chi connectivity index (χ1) is 15.4. The van der Waals surface area contributed by atoms with E-state index in [1.807, 2.05) is 0 Å². The molecule has 10 nitrogen and oxygen atoms in total. The molecule has 32 heavy (non-hydrogen) atoms. The fourth-order valence-electron chi connectivity index (χ4n) is 3.71. The van der Waals surface area contributed by atoms with E-state index in [4.69, 9.17) is 20.3 Å². The number of esters is 1. The van der Waals surface area contributed by atoms with Crippen LogP contribution >= 0.6 is 0 Å². The molecule has 1 aromatic rings. The third-order valence-electron chi connectivity index (χ3n) is 5.55. The highest BCUT2D eigenvalue weighted by Gasteiger charge is 2.36. The zero-order valence-electron chi connectivity index (χ0n) is 18.5. The van der Waals surface area contributed by atoms with Gasteiger partial charge in [0.2, 0.25) is 0 Å². The maximum Gasteiger partial charge on any atom is 0.351 e. The van der Waals surface area contributed by atoms with Gasteiger partial charge in [0.1, 0.15) is 24.8 Å². The zero-order valence-corrected chi connectivity index (χ0v) is 18.5.